The van der Waals surface area contributed by atoms with Gasteiger partial charge in [0.1, 0.15) is 0 Å². The third-order valence-electron chi connectivity index (χ3n) is 3.64. The Morgan fingerprint density at radius 3 is 2.90 bits per heavy atom. The van der Waals surface area contributed by atoms with Gasteiger partial charge in [0.25, 0.3) is 5.91 Å². The third-order valence-corrected chi connectivity index (χ3v) is 3.64. The van der Waals surface area contributed by atoms with Gasteiger partial charge in [-0.05, 0) is 43.0 Å². The molecule has 20 heavy (non-hydrogen) atoms. The third kappa shape index (κ3) is 2.18. The fourth-order valence-corrected chi connectivity index (χ4v) is 2.71. The van der Waals surface area contributed by atoms with Gasteiger partial charge >= 0.3 is 0 Å². The number of para-hydroxylation sites is 1. The Hall–Kier alpha value is -2.23. The molecule has 3 rings (SSSR count). The second-order valence-electron chi connectivity index (χ2n) is 5.01. The number of anilines is 1. The van der Waals surface area contributed by atoms with Gasteiger partial charge in [-0.1, -0.05) is 18.2 Å². The minimum Gasteiger partial charge on any atom is -0.308 e. The number of carbonyl (C=O) groups excluding carboxylic acids is 1. The first kappa shape index (κ1) is 12.8. The molecule has 0 bridgehead atoms. The van der Waals surface area contributed by atoms with E-state index in [1.54, 1.807) is 4.90 Å². The molecule has 0 saturated heterocycles. The van der Waals surface area contributed by atoms with Crippen LogP contribution in [0.1, 0.15) is 27.9 Å². The van der Waals surface area contributed by atoms with Crippen LogP contribution in [0.3, 0.4) is 0 Å². The summed E-state index contributed by atoms with van der Waals surface area (Å²) in [5.74, 6) is -0.690. The van der Waals surface area contributed by atoms with Crippen LogP contribution in [-0.2, 0) is 6.42 Å². The number of pyridine rings is 1. The van der Waals surface area contributed by atoms with Gasteiger partial charge in [0.05, 0.1) is 11.3 Å². The van der Waals surface area contributed by atoms with Crippen molar-refractivity contribution in [3.63, 3.8) is 0 Å². The van der Waals surface area contributed by atoms with Crippen molar-refractivity contribution in [2.24, 2.45) is 0 Å². The summed E-state index contributed by atoms with van der Waals surface area (Å²) >= 11 is 0. The molecule has 2 heterocycles. The van der Waals surface area contributed by atoms with E-state index < -0.39 is 5.95 Å². The summed E-state index contributed by atoms with van der Waals surface area (Å²) in [4.78, 5) is 17.9. The molecule has 0 unspecified atom stereocenters. The molecule has 3 nitrogen and oxygen atoms in total. The van der Waals surface area contributed by atoms with Crippen LogP contribution in [-0.4, -0.2) is 17.4 Å². The molecule has 0 spiro atoms. The van der Waals surface area contributed by atoms with Crippen LogP contribution >= 0.6 is 0 Å². The van der Waals surface area contributed by atoms with E-state index >= 15 is 0 Å². The van der Waals surface area contributed by atoms with E-state index in [0.717, 1.165) is 24.1 Å². The quantitative estimate of drug-likeness (QED) is 0.746. The highest BCUT2D eigenvalue weighted by Gasteiger charge is 2.25. The maximum absolute atomic E-state index is 12.9. The summed E-state index contributed by atoms with van der Waals surface area (Å²) in [6, 6.07) is 8.78. The number of nitrogens with zero attached hydrogens (tertiary/aromatic N) is 2. The van der Waals surface area contributed by atoms with Crippen LogP contribution < -0.4 is 4.90 Å². The van der Waals surface area contributed by atoms with Crippen molar-refractivity contribution < 1.29 is 9.18 Å². The Morgan fingerprint density at radius 1 is 1.30 bits per heavy atom. The molecule has 0 saturated carbocycles. The summed E-state index contributed by atoms with van der Waals surface area (Å²) < 4.78 is 12.9. The van der Waals surface area contributed by atoms with E-state index in [0.29, 0.717) is 12.1 Å². The van der Waals surface area contributed by atoms with Crippen molar-refractivity contribution in [2.45, 2.75) is 19.8 Å². The molecule has 0 radical (unpaired) electrons. The number of rotatable bonds is 1. The van der Waals surface area contributed by atoms with Crippen molar-refractivity contribution in [2.75, 3.05) is 11.4 Å². The molecular formula is C16H15FN2O. The van der Waals surface area contributed by atoms with Gasteiger partial charge < -0.3 is 4.90 Å². The van der Waals surface area contributed by atoms with Gasteiger partial charge in [-0.15, -0.1) is 0 Å². The topological polar surface area (TPSA) is 33.2 Å². The number of amides is 1. The van der Waals surface area contributed by atoms with E-state index in [2.05, 4.69) is 11.1 Å². The number of aromatic nitrogens is 1. The second kappa shape index (κ2) is 5.04. The average Bonchev–Trinajstić information content (AvgIpc) is 2.47. The van der Waals surface area contributed by atoms with Crippen LogP contribution in [0.4, 0.5) is 10.1 Å². The summed E-state index contributed by atoms with van der Waals surface area (Å²) in [5, 5.41) is 0. The van der Waals surface area contributed by atoms with Crippen molar-refractivity contribution in [1.29, 1.82) is 0 Å². The maximum atomic E-state index is 12.9. The normalized spacial score (nSPS) is 14.0. The Labute approximate surface area is 117 Å². The molecule has 4 heteroatoms. The highest BCUT2D eigenvalue weighted by molar-refractivity contribution is 6.07. The second-order valence-corrected chi connectivity index (χ2v) is 5.01. The van der Waals surface area contributed by atoms with Gasteiger partial charge in [-0.25, -0.2) is 4.98 Å². The maximum Gasteiger partial charge on any atom is 0.259 e. The molecular weight excluding hydrogens is 255 g/mol. The number of carbonyl (C=O) groups is 1. The summed E-state index contributed by atoms with van der Waals surface area (Å²) in [6.07, 6.45) is 3.23. The summed E-state index contributed by atoms with van der Waals surface area (Å²) in [5.41, 5.74) is 3.70. The molecule has 102 valence electrons. The predicted molar refractivity (Wildman–Crippen MR) is 75.4 cm³/mol. The molecule has 0 N–H and O–H groups in total. The fourth-order valence-electron chi connectivity index (χ4n) is 2.71. The van der Waals surface area contributed by atoms with Crippen molar-refractivity contribution in [3.8, 4) is 0 Å². The molecule has 1 amide bonds. The molecule has 0 fully saturated rings. The standard InChI is InChI=1S/C16H15FN2O/c1-11-4-2-5-12-6-3-9-19(15(11)12)16(20)13-7-8-14(17)18-10-13/h2,4-5,7-8,10H,3,6,9H2,1H3. The van der Waals surface area contributed by atoms with Crippen LogP contribution in [0.5, 0.6) is 0 Å². The zero-order valence-electron chi connectivity index (χ0n) is 11.3. The Bertz CT molecular complexity index is 652. The minimum atomic E-state index is -0.572. The molecule has 1 aliphatic heterocycles. The summed E-state index contributed by atoms with van der Waals surface area (Å²) in [7, 11) is 0. The van der Waals surface area contributed by atoms with Crippen molar-refractivity contribution in [1.82, 2.24) is 4.98 Å². The predicted octanol–water partition coefficient (Wildman–Crippen LogP) is 3.12. The number of hydrogen-bond donors (Lipinski definition) is 0. The smallest absolute Gasteiger partial charge is 0.259 e. The SMILES string of the molecule is Cc1cccc2c1N(C(=O)c1ccc(F)nc1)CCC2. The Balaban J connectivity index is 2.00. The first-order chi connectivity index (χ1) is 9.66. The van der Waals surface area contributed by atoms with Gasteiger partial charge in [0.15, 0.2) is 0 Å². The van der Waals surface area contributed by atoms with Crippen LogP contribution in [0.15, 0.2) is 36.5 Å². The van der Waals surface area contributed by atoms with E-state index in [1.807, 2.05) is 19.1 Å². The molecule has 1 aliphatic rings. The lowest BCUT2D eigenvalue weighted by Crippen LogP contribution is -2.36. The van der Waals surface area contributed by atoms with Gasteiger partial charge in [0, 0.05) is 12.7 Å². The van der Waals surface area contributed by atoms with Gasteiger partial charge in [-0.3, -0.25) is 4.79 Å². The van der Waals surface area contributed by atoms with Crippen LogP contribution in [0.25, 0.3) is 0 Å². The minimum absolute atomic E-state index is 0.118. The molecule has 0 atom stereocenters. The number of benzene rings is 1. The van der Waals surface area contributed by atoms with Gasteiger partial charge in [-0.2, -0.15) is 4.39 Å². The number of halogens is 1. The van der Waals surface area contributed by atoms with Crippen LogP contribution in [0.2, 0.25) is 0 Å². The lowest BCUT2D eigenvalue weighted by atomic mass is 9.97. The van der Waals surface area contributed by atoms with Gasteiger partial charge in [0.2, 0.25) is 5.95 Å². The molecule has 1 aromatic carbocycles. The van der Waals surface area contributed by atoms with Crippen LogP contribution in [0, 0.1) is 12.9 Å². The monoisotopic (exact) mass is 270 g/mol. The van der Waals surface area contributed by atoms with E-state index in [4.69, 9.17) is 0 Å². The van der Waals surface area contributed by atoms with E-state index in [9.17, 15) is 9.18 Å². The Morgan fingerprint density at radius 2 is 2.15 bits per heavy atom. The van der Waals surface area contributed by atoms with Crippen molar-refractivity contribution in [3.05, 3.63) is 59.2 Å². The molecule has 2 aromatic rings. The lowest BCUT2D eigenvalue weighted by Gasteiger charge is -2.31. The number of hydrogen-bond acceptors (Lipinski definition) is 2. The van der Waals surface area contributed by atoms with E-state index in [-0.39, 0.29) is 5.91 Å². The highest BCUT2D eigenvalue weighted by atomic mass is 19.1. The molecule has 1 aromatic heterocycles. The average molecular weight is 270 g/mol. The summed E-state index contributed by atoms with van der Waals surface area (Å²) in [6.45, 7) is 2.70. The largest absolute Gasteiger partial charge is 0.308 e. The fraction of sp³-hybridized carbons (Fsp3) is 0.250. The first-order valence-electron chi connectivity index (χ1n) is 6.69. The Kier molecular flexibility index (Phi) is 3.22. The lowest BCUT2D eigenvalue weighted by molar-refractivity contribution is 0.0984. The molecule has 0 aliphatic carbocycles. The highest BCUT2D eigenvalue weighted by Crippen LogP contribution is 2.31. The van der Waals surface area contributed by atoms with E-state index in [1.165, 1.54) is 23.9 Å². The zero-order valence-corrected chi connectivity index (χ0v) is 11.3. The van der Waals surface area contributed by atoms with Crippen molar-refractivity contribution >= 4 is 11.6 Å². The number of fused-ring (bicyclic) bond motifs is 1. The zero-order chi connectivity index (χ0) is 14.1. The first-order valence-corrected chi connectivity index (χ1v) is 6.69. The number of aryl methyl sites for hydroxylation is 2.